The summed E-state index contributed by atoms with van der Waals surface area (Å²) < 4.78 is 5.62. The Morgan fingerprint density at radius 1 is 1.08 bits per heavy atom. The average molecular weight is 369 g/mol. The van der Waals surface area contributed by atoms with Gasteiger partial charge >= 0.3 is 0 Å². The van der Waals surface area contributed by atoms with E-state index < -0.39 is 6.10 Å². The van der Waals surface area contributed by atoms with Crippen molar-refractivity contribution in [3.8, 4) is 22.6 Å². The molecule has 3 aromatic heterocycles. The summed E-state index contributed by atoms with van der Waals surface area (Å²) in [6.45, 7) is 0. The van der Waals surface area contributed by atoms with Crippen LogP contribution < -0.4 is 0 Å². The number of thiophene rings is 1. The van der Waals surface area contributed by atoms with Gasteiger partial charge in [0.1, 0.15) is 11.8 Å². The summed E-state index contributed by atoms with van der Waals surface area (Å²) in [7, 11) is 0. The Morgan fingerprint density at radius 2 is 1.92 bits per heavy atom. The summed E-state index contributed by atoms with van der Waals surface area (Å²) in [6.07, 6.45) is 2.41. The highest BCUT2D eigenvalue weighted by molar-refractivity contribution is 7.08. The minimum atomic E-state index is -0.902. The van der Waals surface area contributed by atoms with Gasteiger partial charge in [0.2, 0.25) is 0 Å². The molecule has 0 amide bonds. The van der Waals surface area contributed by atoms with Gasteiger partial charge in [-0.05, 0) is 41.8 Å². The van der Waals surface area contributed by atoms with Crippen molar-refractivity contribution < 1.29 is 9.63 Å². The van der Waals surface area contributed by atoms with Crippen LogP contribution in [0.1, 0.15) is 17.2 Å². The third kappa shape index (κ3) is 3.09. The van der Waals surface area contributed by atoms with E-state index in [2.05, 4.69) is 10.1 Å². The molecular formula is C19H13ClN2O2S. The van der Waals surface area contributed by atoms with Gasteiger partial charge in [0, 0.05) is 39.5 Å². The number of pyridine rings is 1. The molecule has 6 heteroatoms. The average Bonchev–Trinajstić information content (AvgIpc) is 3.32. The van der Waals surface area contributed by atoms with Crippen LogP contribution in [0.3, 0.4) is 0 Å². The molecule has 1 N–H and O–H groups in total. The summed E-state index contributed by atoms with van der Waals surface area (Å²) in [5.74, 6) is 0.522. The first-order chi connectivity index (χ1) is 12.2. The van der Waals surface area contributed by atoms with Crippen LogP contribution in [0.2, 0.25) is 5.02 Å². The maximum Gasteiger partial charge on any atom is 0.173 e. The van der Waals surface area contributed by atoms with Crippen LogP contribution in [0.25, 0.3) is 22.6 Å². The lowest BCUT2D eigenvalue weighted by molar-refractivity contribution is 0.220. The lowest BCUT2D eigenvalue weighted by atomic mass is 9.96. The normalized spacial score (nSPS) is 12.2. The standard InChI is InChI=1S/C19H13ClN2O2S/c20-15-5-3-12(4-6-15)19-16(18(23)13-2-1-8-21-10-13)17(22-24-19)14-7-9-25-11-14/h1-11,18,23H. The molecule has 1 unspecified atom stereocenters. The van der Waals surface area contributed by atoms with Crippen molar-refractivity contribution in [1.82, 2.24) is 10.1 Å². The summed E-state index contributed by atoms with van der Waals surface area (Å²) >= 11 is 7.55. The molecule has 0 aliphatic heterocycles. The van der Waals surface area contributed by atoms with Crippen LogP contribution >= 0.6 is 22.9 Å². The Labute approximate surface area is 153 Å². The van der Waals surface area contributed by atoms with Crippen LogP contribution in [0.5, 0.6) is 0 Å². The molecule has 0 fully saturated rings. The summed E-state index contributed by atoms with van der Waals surface area (Å²) in [4.78, 5) is 4.10. The van der Waals surface area contributed by atoms with Crippen LogP contribution in [0.15, 0.2) is 70.1 Å². The number of aliphatic hydroxyl groups is 1. The highest BCUT2D eigenvalue weighted by Gasteiger charge is 2.26. The molecule has 4 aromatic rings. The molecule has 4 rings (SSSR count). The molecule has 0 aliphatic rings. The molecule has 4 nitrogen and oxygen atoms in total. The Hall–Kier alpha value is -2.47. The van der Waals surface area contributed by atoms with Gasteiger partial charge in [-0.1, -0.05) is 22.8 Å². The van der Waals surface area contributed by atoms with Crippen molar-refractivity contribution in [2.75, 3.05) is 0 Å². The number of aromatic nitrogens is 2. The topological polar surface area (TPSA) is 59.2 Å². The first-order valence-corrected chi connectivity index (χ1v) is 8.92. The summed E-state index contributed by atoms with van der Waals surface area (Å²) in [6, 6.07) is 12.8. The lowest BCUT2D eigenvalue weighted by Crippen LogP contribution is -2.02. The van der Waals surface area contributed by atoms with Crippen LogP contribution in [0, 0.1) is 0 Å². The van der Waals surface area contributed by atoms with Crippen molar-refractivity contribution in [2.24, 2.45) is 0 Å². The Balaban J connectivity index is 1.89. The highest BCUT2D eigenvalue weighted by Crippen LogP contribution is 2.39. The number of halogens is 1. The van der Waals surface area contributed by atoms with Crippen molar-refractivity contribution in [2.45, 2.75) is 6.10 Å². The molecule has 0 aliphatic carbocycles. The number of aliphatic hydroxyl groups excluding tert-OH is 1. The first-order valence-electron chi connectivity index (χ1n) is 7.60. The molecule has 124 valence electrons. The highest BCUT2D eigenvalue weighted by atomic mass is 35.5. The molecule has 1 atom stereocenters. The molecular weight excluding hydrogens is 356 g/mol. The molecule has 0 saturated heterocycles. The minimum Gasteiger partial charge on any atom is -0.383 e. The third-order valence-electron chi connectivity index (χ3n) is 3.90. The van der Waals surface area contributed by atoms with Crippen molar-refractivity contribution in [1.29, 1.82) is 0 Å². The van der Waals surface area contributed by atoms with Gasteiger partial charge in [0.05, 0.1) is 5.56 Å². The minimum absolute atomic E-state index is 0.522. The van der Waals surface area contributed by atoms with E-state index in [9.17, 15) is 5.11 Å². The zero-order valence-electron chi connectivity index (χ0n) is 13.0. The Bertz CT molecular complexity index is 967. The number of benzene rings is 1. The van der Waals surface area contributed by atoms with E-state index in [0.717, 1.165) is 11.1 Å². The maximum atomic E-state index is 11.0. The van der Waals surface area contributed by atoms with E-state index in [4.69, 9.17) is 16.1 Å². The number of nitrogens with zero attached hydrogens (tertiary/aromatic N) is 2. The zero-order chi connectivity index (χ0) is 17.2. The van der Waals surface area contributed by atoms with E-state index in [-0.39, 0.29) is 0 Å². The molecule has 0 spiro atoms. The molecule has 0 radical (unpaired) electrons. The predicted molar refractivity (Wildman–Crippen MR) is 98.6 cm³/mol. The SMILES string of the molecule is OC(c1cccnc1)c1c(-c2ccsc2)noc1-c1ccc(Cl)cc1. The maximum absolute atomic E-state index is 11.0. The fourth-order valence-electron chi connectivity index (χ4n) is 2.67. The monoisotopic (exact) mass is 368 g/mol. The van der Waals surface area contributed by atoms with Gasteiger partial charge < -0.3 is 9.63 Å². The Morgan fingerprint density at radius 3 is 2.60 bits per heavy atom. The molecule has 0 bridgehead atoms. The molecule has 3 heterocycles. The third-order valence-corrected chi connectivity index (χ3v) is 4.84. The predicted octanol–water partition coefficient (Wildman–Crippen LogP) is 5.20. The second kappa shape index (κ2) is 6.80. The quantitative estimate of drug-likeness (QED) is 0.537. The van der Waals surface area contributed by atoms with Crippen LogP contribution in [-0.2, 0) is 0 Å². The summed E-state index contributed by atoms with van der Waals surface area (Å²) in [5.41, 5.74) is 3.64. The zero-order valence-corrected chi connectivity index (χ0v) is 14.5. The number of hydrogen-bond donors (Lipinski definition) is 1. The van der Waals surface area contributed by atoms with Crippen molar-refractivity contribution in [3.63, 3.8) is 0 Å². The van der Waals surface area contributed by atoms with E-state index in [1.807, 2.05) is 35.0 Å². The van der Waals surface area contributed by atoms with Gasteiger partial charge in [-0.25, -0.2) is 0 Å². The second-order valence-corrected chi connectivity index (χ2v) is 6.70. The van der Waals surface area contributed by atoms with Crippen LogP contribution in [-0.4, -0.2) is 15.2 Å². The van der Waals surface area contributed by atoms with Gasteiger partial charge in [0.25, 0.3) is 0 Å². The van der Waals surface area contributed by atoms with Gasteiger partial charge in [-0.15, -0.1) is 0 Å². The molecule has 0 saturated carbocycles. The van der Waals surface area contributed by atoms with E-state index in [0.29, 0.717) is 27.6 Å². The Kier molecular flexibility index (Phi) is 4.36. The van der Waals surface area contributed by atoms with E-state index in [1.54, 1.807) is 41.9 Å². The first kappa shape index (κ1) is 16.0. The van der Waals surface area contributed by atoms with Gasteiger partial charge in [-0.3, -0.25) is 4.98 Å². The van der Waals surface area contributed by atoms with E-state index >= 15 is 0 Å². The van der Waals surface area contributed by atoms with Crippen molar-refractivity contribution >= 4 is 22.9 Å². The number of hydrogen-bond acceptors (Lipinski definition) is 5. The molecule has 1 aromatic carbocycles. The number of rotatable bonds is 4. The van der Waals surface area contributed by atoms with Gasteiger partial charge in [-0.2, -0.15) is 11.3 Å². The van der Waals surface area contributed by atoms with Crippen molar-refractivity contribution in [3.05, 3.63) is 81.8 Å². The fraction of sp³-hybridized carbons (Fsp3) is 0.0526. The second-order valence-electron chi connectivity index (χ2n) is 5.48. The lowest BCUT2D eigenvalue weighted by Gasteiger charge is -2.12. The molecule has 25 heavy (non-hydrogen) atoms. The van der Waals surface area contributed by atoms with E-state index in [1.165, 1.54) is 0 Å². The van der Waals surface area contributed by atoms with Crippen LogP contribution in [0.4, 0.5) is 0 Å². The smallest absolute Gasteiger partial charge is 0.173 e. The fourth-order valence-corrected chi connectivity index (χ4v) is 3.44. The van der Waals surface area contributed by atoms with Gasteiger partial charge in [0.15, 0.2) is 5.76 Å². The summed E-state index contributed by atoms with van der Waals surface area (Å²) in [5, 5.41) is 19.8. The largest absolute Gasteiger partial charge is 0.383 e.